The molecule has 106 valence electrons. The summed E-state index contributed by atoms with van der Waals surface area (Å²) in [7, 11) is 0. The fourth-order valence-corrected chi connectivity index (χ4v) is 6.11. The zero-order valence-corrected chi connectivity index (χ0v) is 11.8. The molecule has 4 rings (SSSR count). The largest absolute Gasteiger partial charge is 0.393 e. The van der Waals surface area contributed by atoms with Crippen LogP contribution in [0.4, 0.5) is 0 Å². The Morgan fingerprint density at radius 1 is 1.26 bits per heavy atom. The molecule has 0 radical (unpaired) electrons. The predicted molar refractivity (Wildman–Crippen MR) is 72.7 cm³/mol. The van der Waals surface area contributed by atoms with Gasteiger partial charge in [-0.25, -0.2) is 0 Å². The summed E-state index contributed by atoms with van der Waals surface area (Å²) >= 11 is 0. The number of nitrogens with zero attached hydrogens (tertiary/aromatic N) is 1. The Kier molecular flexibility index (Phi) is 2.63. The van der Waals surface area contributed by atoms with Crippen molar-refractivity contribution in [2.45, 2.75) is 57.1 Å². The van der Waals surface area contributed by atoms with E-state index in [4.69, 9.17) is 0 Å². The van der Waals surface area contributed by atoms with Gasteiger partial charge in [0, 0.05) is 17.9 Å². The number of aliphatic hydroxyl groups is 1. The number of hydrogen-bond donors (Lipinski definition) is 1. The molecule has 3 heteroatoms. The lowest BCUT2D eigenvalue weighted by Gasteiger charge is -2.66. The van der Waals surface area contributed by atoms with Crippen LogP contribution in [0.1, 0.15) is 45.4 Å². The Morgan fingerprint density at radius 3 is 2.79 bits per heavy atom. The number of hydrogen-bond acceptors (Lipinski definition) is 3. The summed E-state index contributed by atoms with van der Waals surface area (Å²) in [6.45, 7) is 4.54. The molecule has 3 nitrogen and oxygen atoms in total. The fraction of sp³-hybridized carbons (Fsp3) is 0.938. The van der Waals surface area contributed by atoms with Gasteiger partial charge < -0.3 is 5.11 Å². The van der Waals surface area contributed by atoms with E-state index in [1.165, 1.54) is 32.4 Å². The standard InChI is InChI=1S/C16H25NO2/c1-10-9-16-12-4-2-6-17(16)7-3-5-13(16)14(18)8-11(12)15(10)19/h10-13,15,19H,2-9H2,1H3/t10?,11-,12+,13+,15?,16+/m0/s1. The van der Waals surface area contributed by atoms with Crippen LogP contribution in [0, 0.1) is 23.7 Å². The van der Waals surface area contributed by atoms with Gasteiger partial charge in [0.05, 0.1) is 6.10 Å². The van der Waals surface area contributed by atoms with Gasteiger partial charge in [-0.05, 0) is 62.9 Å². The summed E-state index contributed by atoms with van der Waals surface area (Å²) in [5.41, 5.74) is 0.134. The van der Waals surface area contributed by atoms with E-state index in [9.17, 15) is 9.90 Å². The van der Waals surface area contributed by atoms with Gasteiger partial charge >= 0.3 is 0 Å². The monoisotopic (exact) mass is 263 g/mol. The SMILES string of the molecule is CC1C[C@@]23[C@@H]4CCCN2CCC[C@@H]3[C@H](CC4=O)C1O. The Morgan fingerprint density at radius 2 is 2.00 bits per heavy atom. The molecule has 0 aromatic carbocycles. The number of Topliss-reactive ketones (excluding diaryl/α,β-unsaturated/α-hetero) is 1. The number of ketones is 1. The predicted octanol–water partition coefficient (Wildman–Crippen LogP) is 1.84. The van der Waals surface area contributed by atoms with Crippen molar-refractivity contribution in [1.29, 1.82) is 0 Å². The third-order valence-corrected chi connectivity index (χ3v) is 6.71. The molecule has 1 spiro atoms. The van der Waals surface area contributed by atoms with Crippen molar-refractivity contribution in [3.8, 4) is 0 Å². The maximum Gasteiger partial charge on any atom is 0.138 e. The van der Waals surface area contributed by atoms with Gasteiger partial charge in [0.15, 0.2) is 0 Å². The minimum atomic E-state index is -0.248. The van der Waals surface area contributed by atoms with E-state index in [0.717, 1.165) is 12.8 Å². The van der Waals surface area contributed by atoms with Gasteiger partial charge in [-0.2, -0.15) is 0 Å². The Hall–Kier alpha value is -0.410. The molecule has 2 heterocycles. The molecule has 2 unspecified atom stereocenters. The zero-order valence-electron chi connectivity index (χ0n) is 11.8. The van der Waals surface area contributed by atoms with Crippen LogP contribution in [0.3, 0.4) is 0 Å². The van der Waals surface area contributed by atoms with Crippen molar-refractivity contribution in [3.63, 3.8) is 0 Å². The van der Waals surface area contributed by atoms with Crippen LogP contribution in [0.15, 0.2) is 0 Å². The molecule has 0 amide bonds. The first kappa shape index (κ1) is 12.3. The molecule has 1 N–H and O–H groups in total. The summed E-state index contributed by atoms with van der Waals surface area (Å²) in [4.78, 5) is 15.2. The van der Waals surface area contributed by atoms with E-state index in [2.05, 4.69) is 11.8 Å². The lowest BCUT2D eigenvalue weighted by Crippen LogP contribution is -2.73. The molecule has 2 aliphatic carbocycles. The highest BCUT2D eigenvalue weighted by molar-refractivity contribution is 5.84. The summed E-state index contributed by atoms with van der Waals surface area (Å²) in [6.07, 6.45) is 6.22. The lowest BCUT2D eigenvalue weighted by atomic mass is 9.48. The topological polar surface area (TPSA) is 40.5 Å². The number of aliphatic hydroxyl groups excluding tert-OH is 1. The van der Waals surface area contributed by atoms with Crippen molar-refractivity contribution in [3.05, 3.63) is 0 Å². The van der Waals surface area contributed by atoms with Gasteiger partial charge in [0.1, 0.15) is 5.78 Å². The highest BCUT2D eigenvalue weighted by Gasteiger charge is 2.64. The summed E-state index contributed by atoms with van der Waals surface area (Å²) in [6, 6.07) is 0. The maximum atomic E-state index is 12.6. The molecule has 19 heavy (non-hydrogen) atoms. The molecule has 4 fully saturated rings. The van der Waals surface area contributed by atoms with Gasteiger partial charge in [0.2, 0.25) is 0 Å². The van der Waals surface area contributed by atoms with Crippen molar-refractivity contribution in [2.75, 3.05) is 13.1 Å². The molecule has 6 atom stereocenters. The molecule has 2 aliphatic heterocycles. The summed E-state index contributed by atoms with van der Waals surface area (Å²) < 4.78 is 0. The normalized spacial score (nSPS) is 53.8. The van der Waals surface area contributed by atoms with Gasteiger partial charge in [0.25, 0.3) is 0 Å². The van der Waals surface area contributed by atoms with Crippen molar-refractivity contribution < 1.29 is 9.90 Å². The average molecular weight is 263 g/mol. The summed E-state index contributed by atoms with van der Waals surface area (Å²) in [5.74, 6) is 1.91. The molecule has 0 aromatic heterocycles. The molecule has 0 aromatic rings. The molecule has 2 saturated heterocycles. The highest BCUT2D eigenvalue weighted by Crippen LogP contribution is 2.59. The molecular formula is C16H25NO2. The second kappa shape index (κ2) is 4.05. The number of piperidine rings is 2. The smallest absolute Gasteiger partial charge is 0.138 e. The van der Waals surface area contributed by atoms with Crippen LogP contribution >= 0.6 is 0 Å². The number of carbonyl (C=O) groups excluding carboxylic acids is 1. The van der Waals surface area contributed by atoms with Gasteiger partial charge in [-0.3, -0.25) is 9.69 Å². The maximum absolute atomic E-state index is 12.6. The lowest BCUT2D eigenvalue weighted by molar-refractivity contribution is -0.194. The minimum Gasteiger partial charge on any atom is -0.393 e. The van der Waals surface area contributed by atoms with Crippen molar-refractivity contribution in [1.82, 2.24) is 4.90 Å². The first-order valence-electron chi connectivity index (χ1n) is 8.10. The Labute approximate surface area is 115 Å². The second-order valence-electron chi connectivity index (χ2n) is 7.43. The molecule has 2 saturated carbocycles. The first-order chi connectivity index (χ1) is 9.14. The van der Waals surface area contributed by atoms with E-state index < -0.39 is 0 Å². The third-order valence-electron chi connectivity index (χ3n) is 6.71. The van der Waals surface area contributed by atoms with Gasteiger partial charge in [-0.1, -0.05) is 6.92 Å². The van der Waals surface area contributed by atoms with Crippen LogP contribution in [0.2, 0.25) is 0 Å². The van der Waals surface area contributed by atoms with Crippen LogP contribution < -0.4 is 0 Å². The average Bonchev–Trinajstić information content (AvgIpc) is 2.40. The number of rotatable bonds is 0. The third kappa shape index (κ3) is 1.43. The quantitative estimate of drug-likeness (QED) is 0.725. The van der Waals surface area contributed by atoms with Crippen LogP contribution in [0.5, 0.6) is 0 Å². The van der Waals surface area contributed by atoms with Crippen molar-refractivity contribution in [2.24, 2.45) is 23.7 Å². The van der Waals surface area contributed by atoms with E-state index >= 15 is 0 Å². The van der Waals surface area contributed by atoms with Gasteiger partial charge in [-0.15, -0.1) is 0 Å². The first-order valence-corrected chi connectivity index (χ1v) is 8.10. The van der Waals surface area contributed by atoms with Crippen LogP contribution in [0.25, 0.3) is 0 Å². The molecule has 2 bridgehead atoms. The Bertz CT molecular complexity index is 408. The van der Waals surface area contributed by atoms with E-state index in [-0.39, 0.29) is 23.5 Å². The second-order valence-corrected chi connectivity index (χ2v) is 7.43. The molecule has 4 aliphatic rings. The molecular weight excluding hydrogens is 238 g/mol. The zero-order chi connectivity index (χ0) is 13.2. The highest BCUT2D eigenvalue weighted by atomic mass is 16.3. The van der Waals surface area contributed by atoms with E-state index in [1.54, 1.807) is 0 Å². The van der Waals surface area contributed by atoms with Crippen LogP contribution in [-0.2, 0) is 4.79 Å². The van der Waals surface area contributed by atoms with Crippen LogP contribution in [-0.4, -0.2) is 40.5 Å². The van der Waals surface area contributed by atoms with E-state index in [1.807, 2.05) is 0 Å². The fourth-order valence-electron chi connectivity index (χ4n) is 6.11. The van der Waals surface area contributed by atoms with E-state index in [0.29, 0.717) is 24.0 Å². The summed E-state index contributed by atoms with van der Waals surface area (Å²) in [5, 5.41) is 10.5. The Balaban J connectivity index is 1.83. The minimum absolute atomic E-state index is 0.134. The van der Waals surface area contributed by atoms with Crippen molar-refractivity contribution >= 4 is 5.78 Å². The number of carbonyl (C=O) groups is 1.